The van der Waals surface area contributed by atoms with E-state index in [1.165, 1.54) is 12.8 Å². The molecule has 0 heterocycles. The highest BCUT2D eigenvalue weighted by atomic mass is 16.5. The summed E-state index contributed by atoms with van der Waals surface area (Å²) >= 11 is 0. The number of hydrogen-bond donors (Lipinski definition) is 1. The first-order valence-corrected chi connectivity index (χ1v) is 7.34. The smallest absolute Gasteiger partial charge is 0.341 e. The van der Waals surface area contributed by atoms with E-state index in [9.17, 15) is 9.59 Å². The maximum atomic E-state index is 12.3. The molecule has 1 aliphatic rings. The van der Waals surface area contributed by atoms with E-state index in [0.29, 0.717) is 30.4 Å². The molecule has 0 unspecified atom stereocenters. The SMILES string of the molecule is CN(CCOCC1CC1)C(=O)c1cccc(OCC(=O)O)c1. The predicted molar refractivity (Wildman–Crippen MR) is 80.1 cm³/mol. The fourth-order valence-corrected chi connectivity index (χ4v) is 1.92. The minimum Gasteiger partial charge on any atom is -0.482 e. The van der Waals surface area contributed by atoms with Gasteiger partial charge in [0.15, 0.2) is 6.61 Å². The van der Waals surface area contributed by atoms with Crippen molar-refractivity contribution in [1.82, 2.24) is 4.90 Å². The van der Waals surface area contributed by atoms with Crippen LogP contribution in [0.4, 0.5) is 0 Å². The van der Waals surface area contributed by atoms with E-state index in [4.69, 9.17) is 14.6 Å². The van der Waals surface area contributed by atoms with Crippen LogP contribution in [0.15, 0.2) is 24.3 Å². The Morgan fingerprint density at radius 3 is 2.82 bits per heavy atom. The summed E-state index contributed by atoms with van der Waals surface area (Å²) in [6.07, 6.45) is 2.50. The lowest BCUT2D eigenvalue weighted by molar-refractivity contribution is -0.139. The molecule has 0 aliphatic heterocycles. The second-order valence-corrected chi connectivity index (χ2v) is 5.46. The van der Waals surface area contributed by atoms with Gasteiger partial charge in [0.25, 0.3) is 5.91 Å². The molecule has 0 aromatic heterocycles. The van der Waals surface area contributed by atoms with Crippen molar-refractivity contribution in [2.45, 2.75) is 12.8 Å². The molecule has 0 spiro atoms. The van der Waals surface area contributed by atoms with Crippen molar-refractivity contribution in [3.63, 3.8) is 0 Å². The maximum absolute atomic E-state index is 12.3. The number of carboxylic acid groups (broad SMARTS) is 1. The van der Waals surface area contributed by atoms with Gasteiger partial charge in [0.05, 0.1) is 6.61 Å². The van der Waals surface area contributed by atoms with Crippen molar-refractivity contribution >= 4 is 11.9 Å². The van der Waals surface area contributed by atoms with Crippen molar-refractivity contribution in [1.29, 1.82) is 0 Å². The molecule has 0 saturated heterocycles. The first-order valence-electron chi connectivity index (χ1n) is 7.34. The molecule has 1 amide bonds. The number of aliphatic carboxylic acids is 1. The molecule has 0 atom stereocenters. The number of rotatable bonds is 9. The predicted octanol–water partition coefficient (Wildman–Crippen LogP) is 1.65. The van der Waals surface area contributed by atoms with Crippen LogP contribution in [-0.2, 0) is 9.53 Å². The number of carboxylic acids is 1. The topological polar surface area (TPSA) is 76.1 Å². The van der Waals surface area contributed by atoms with Gasteiger partial charge in [-0.05, 0) is 37.0 Å². The third kappa shape index (κ3) is 5.37. The van der Waals surface area contributed by atoms with E-state index in [1.807, 2.05) is 0 Å². The second-order valence-electron chi connectivity index (χ2n) is 5.46. The number of nitrogens with zero attached hydrogens (tertiary/aromatic N) is 1. The van der Waals surface area contributed by atoms with Crippen molar-refractivity contribution in [3.05, 3.63) is 29.8 Å². The Balaban J connectivity index is 1.81. The molecule has 2 rings (SSSR count). The molecule has 1 N–H and O–H groups in total. The number of carbonyl (C=O) groups excluding carboxylic acids is 1. The van der Waals surface area contributed by atoms with Gasteiger partial charge in [-0.1, -0.05) is 6.07 Å². The summed E-state index contributed by atoms with van der Waals surface area (Å²) in [7, 11) is 1.72. The number of amides is 1. The molecule has 6 heteroatoms. The van der Waals surface area contributed by atoms with Crippen LogP contribution in [0.2, 0.25) is 0 Å². The number of carbonyl (C=O) groups is 2. The first-order chi connectivity index (χ1) is 10.6. The molecule has 0 bridgehead atoms. The van der Waals surface area contributed by atoms with Crippen molar-refractivity contribution in [2.24, 2.45) is 5.92 Å². The monoisotopic (exact) mass is 307 g/mol. The molecule has 120 valence electrons. The van der Waals surface area contributed by atoms with Crippen LogP contribution < -0.4 is 4.74 Å². The summed E-state index contributed by atoms with van der Waals surface area (Å²) in [5.74, 6) is -0.117. The van der Waals surface area contributed by atoms with Gasteiger partial charge in [-0.25, -0.2) is 4.79 Å². The Bertz CT molecular complexity index is 527. The van der Waals surface area contributed by atoms with E-state index >= 15 is 0 Å². The number of hydrogen-bond acceptors (Lipinski definition) is 4. The summed E-state index contributed by atoms with van der Waals surface area (Å²) in [5.41, 5.74) is 0.465. The normalized spacial score (nSPS) is 13.7. The van der Waals surface area contributed by atoms with Crippen molar-refractivity contribution < 1.29 is 24.2 Å². The minimum atomic E-state index is -1.05. The Labute approximate surface area is 129 Å². The Hall–Kier alpha value is -2.08. The number of ether oxygens (including phenoxy) is 2. The average Bonchev–Trinajstić information content (AvgIpc) is 3.33. The maximum Gasteiger partial charge on any atom is 0.341 e. The van der Waals surface area contributed by atoms with Gasteiger partial charge >= 0.3 is 5.97 Å². The summed E-state index contributed by atoms with van der Waals surface area (Å²) in [4.78, 5) is 24.3. The van der Waals surface area contributed by atoms with Gasteiger partial charge in [-0.15, -0.1) is 0 Å². The number of likely N-dealkylation sites (N-methyl/N-ethyl adjacent to an activating group) is 1. The zero-order valence-corrected chi connectivity index (χ0v) is 12.7. The largest absolute Gasteiger partial charge is 0.482 e. The Morgan fingerprint density at radius 2 is 2.14 bits per heavy atom. The fourth-order valence-electron chi connectivity index (χ4n) is 1.92. The van der Waals surface area contributed by atoms with Gasteiger partial charge in [0, 0.05) is 25.8 Å². The lowest BCUT2D eigenvalue weighted by Gasteiger charge is -2.17. The van der Waals surface area contributed by atoms with E-state index in [-0.39, 0.29) is 5.91 Å². The first kappa shape index (κ1) is 16.3. The van der Waals surface area contributed by atoms with Gasteiger partial charge in [-0.3, -0.25) is 4.79 Å². The summed E-state index contributed by atoms with van der Waals surface area (Å²) in [5, 5.41) is 8.59. The van der Waals surface area contributed by atoms with E-state index < -0.39 is 12.6 Å². The highest BCUT2D eigenvalue weighted by molar-refractivity contribution is 5.94. The molecule has 1 aliphatic carbocycles. The third-order valence-corrected chi connectivity index (χ3v) is 3.41. The van der Waals surface area contributed by atoms with E-state index in [2.05, 4.69) is 0 Å². The fraction of sp³-hybridized carbons (Fsp3) is 0.500. The van der Waals surface area contributed by atoms with Gasteiger partial charge in [0.1, 0.15) is 5.75 Å². The Morgan fingerprint density at radius 1 is 1.36 bits per heavy atom. The van der Waals surface area contributed by atoms with Gasteiger partial charge in [-0.2, -0.15) is 0 Å². The standard InChI is InChI=1S/C16H21NO5/c1-17(7-8-21-10-12-5-6-12)16(20)13-3-2-4-14(9-13)22-11-15(18)19/h2-4,9,12H,5-8,10-11H2,1H3,(H,18,19). The van der Waals surface area contributed by atoms with E-state index in [1.54, 1.807) is 36.2 Å². The molecular weight excluding hydrogens is 286 g/mol. The van der Waals surface area contributed by atoms with Crippen molar-refractivity contribution in [3.8, 4) is 5.75 Å². The lowest BCUT2D eigenvalue weighted by atomic mass is 10.2. The second kappa shape index (κ2) is 7.79. The average molecular weight is 307 g/mol. The highest BCUT2D eigenvalue weighted by Gasteiger charge is 2.21. The van der Waals surface area contributed by atoms with Crippen LogP contribution in [-0.4, -0.2) is 55.3 Å². The minimum absolute atomic E-state index is 0.143. The molecule has 6 nitrogen and oxygen atoms in total. The molecule has 1 saturated carbocycles. The Kier molecular flexibility index (Phi) is 5.77. The van der Waals surface area contributed by atoms with Crippen LogP contribution in [0.3, 0.4) is 0 Å². The van der Waals surface area contributed by atoms with Crippen LogP contribution in [0, 0.1) is 5.92 Å². The van der Waals surface area contributed by atoms with Gasteiger partial charge in [0.2, 0.25) is 0 Å². The summed E-state index contributed by atoms with van der Waals surface area (Å²) in [6.45, 7) is 1.39. The van der Waals surface area contributed by atoms with Crippen molar-refractivity contribution in [2.75, 3.05) is 33.4 Å². The van der Waals surface area contributed by atoms with Crippen LogP contribution in [0.1, 0.15) is 23.2 Å². The number of benzene rings is 1. The van der Waals surface area contributed by atoms with Crippen LogP contribution >= 0.6 is 0 Å². The van der Waals surface area contributed by atoms with Gasteiger partial charge < -0.3 is 19.5 Å². The molecule has 1 aromatic carbocycles. The van der Waals surface area contributed by atoms with E-state index in [0.717, 1.165) is 6.61 Å². The quantitative estimate of drug-likeness (QED) is 0.702. The molecule has 1 aromatic rings. The molecular formula is C16H21NO5. The summed E-state index contributed by atoms with van der Waals surface area (Å²) in [6, 6.07) is 6.52. The lowest BCUT2D eigenvalue weighted by Crippen LogP contribution is -2.30. The molecule has 22 heavy (non-hydrogen) atoms. The molecule has 0 radical (unpaired) electrons. The van der Waals surface area contributed by atoms with Crippen LogP contribution in [0.25, 0.3) is 0 Å². The van der Waals surface area contributed by atoms with Crippen LogP contribution in [0.5, 0.6) is 5.75 Å². The highest BCUT2D eigenvalue weighted by Crippen LogP contribution is 2.28. The zero-order chi connectivity index (χ0) is 15.9. The molecule has 1 fully saturated rings. The summed E-state index contributed by atoms with van der Waals surface area (Å²) < 4.78 is 10.6. The zero-order valence-electron chi connectivity index (χ0n) is 12.7. The third-order valence-electron chi connectivity index (χ3n) is 3.41.